The van der Waals surface area contributed by atoms with E-state index in [1.165, 1.54) is 18.2 Å². The smallest absolute Gasteiger partial charge is 0.0930 e. The third-order valence-electron chi connectivity index (χ3n) is 3.91. The summed E-state index contributed by atoms with van der Waals surface area (Å²) in [6, 6.07) is 4.45. The van der Waals surface area contributed by atoms with Gasteiger partial charge in [0, 0.05) is 0 Å². The molecule has 0 saturated heterocycles. The molecule has 1 atom stereocenters. The van der Waals surface area contributed by atoms with E-state index < -0.39 is 24.9 Å². The van der Waals surface area contributed by atoms with Gasteiger partial charge in [0.05, 0.1) is 0 Å². The van der Waals surface area contributed by atoms with Gasteiger partial charge in [-0.15, -0.1) is 0 Å². The topological polar surface area (TPSA) is 0 Å². The zero-order valence-corrected chi connectivity index (χ0v) is 25.1. The molecule has 0 heterocycles. The van der Waals surface area contributed by atoms with E-state index in [0.717, 1.165) is 0 Å². The molecule has 0 aliphatic rings. The van der Waals surface area contributed by atoms with Gasteiger partial charge in [0.25, 0.3) is 0 Å². The molecule has 0 fully saturated rings. The molecule has 1 aromatic carbocycles. The van der Waals surface area contributed by atoms with E-state index in [0.29, 0.717) is 5.56 Å². The number of alkyl halides is 14. The highest BCUT2D eigenvalue weighted by Crippen LogP contribution is 2.64. The summed E-state index contributed by atoms with van der Waals surface area (Å²) < 4.78 is -13.6. The minimum absolute atomic E-state index is 0.106. The van der Waals surface area contributed by atoms with Crippen LogP contribution < -0.4 is 0 Å². The highest BCUT2D eigenvalue weighted by Gasteiger charge is 2.64. The van der Waals surface area contributed by atoms with Crippen molar-refractivity contribution in [2.24, 2.45) is 5.92 Å². The Morgan fingerprint density at radius 1 is 0.667 bits per heavy atom. The lowest BCUT2D eigenvalue weighted by Crippen LogP contribution is -2.47. The quantitative estimate of drug-likeness (QED) is 0.259. The molecule has 0 nitrogen and oxygen atoms in total. The summed E-state index contributed by atoms with van der Waals surface area (Å²) >= 11 is 86.9. The van der Waals surface area contributed by atoms with Gasteiger partial charge in [-0.05, 0) is 29.0 Å². The first kappa shape index (κ1) is 31.3. The predicted molar refractivity (Wildman–Crippen MR) is 141 cm³/mol. The van der Waals surface area contributed by atoms with Crippen molar-refractivity contribution in [2.75, 3.05) is 0 Å². The first-order valence-corrected chi connectivity index (χ1v) is 12.9. The molecule has 0 bridgehead atoms. The first-order chi connectivity index (χ1) is 13.0. The van der Waals surface area contributed by atoms with Gasteiger partial charge in [-0.1, -0.05) is 194 Å². The molecule has 173 valence electrons. The van der Waals surface area contributed by atoms with Crippen LogP contribution in [0.3, 0.4) is 0 Å². The summed E-state index contributed by atoms with van der Waals surface area (Å²) in [6.45, 7) is 5.73. The van der Waals surface area contributed by atoms with Crippen LogP contribution in [0.15, 0.2) is 18.2 Å². The molecule has 0 aliphatic heterocycles. The van der Waals surface area contributed by atoms with Gasteiger partial charge in [0.2, 0.25) is 16.3 Å². The maximum absolute atomic E-state index is 6.55. The van der Waals surface area contributed by atoms with Crippen molar-refractivity contribution in [2.45, 2.75) is 38.3 Å². The molecule has 0 amide bonds. The van der Waals surface area contributed by atoms with Gasteiger partial charge in [0.15, 0.2) is 8.67 Å². The summed E-state index contributed by atoms with van der Waals surface area (Å²) in [5.74, 6) is -0.223. The average molecular weight is 700 g/mol. The third kappa shape index (κ3) is 5.98. The molecule has 1 aromatic rings. The molecule has 14 heteroatoms. The summed E-state index contributed by atoms with van der Waals surface area (Å²) in [4.78, 5) is 0. The molecule has 0 spiro atoms. The maximum atomic E-state index is 6.55. The predicted octanol–water partition coefficient (Wildman–Crippen LogP) is 11.0. The number of halogens is 14. The Hall–Kier alpha value is 3.28. The van der Waals surface area contributed by atoms with Crippen LogP contribution in [-0.4, -0.2) is 16.3 Å². The number of hydrogen-bond acceptors (Lipinski definition) is 0. The summed E-state index contributed by atoms with van der Waals surface area (Å²) in [6.07, 6.45) is 0.196. The molecule has 1 unspecified atom stereocenters. The Morgan fingerprint density at radius 2 is 0.967 bits per heavy atom. The van der Waals surface area contributed by atoms with Crippen LogP contribution in [-0.2, 0) is 15.1 Å². The van der Waals surface area contributed by atoms with Crippen molar-refractivity contribution in [3.63, 3.8) is 0 Å². The monoisotopic (exact) mass is 693 g/mol. The number of rotatable bonds is 6. The van der Waals surface area contributed by atoms with E-state index in [-0.39, 0.29) is 23.5 Å². The van der Waals surface area contributed by atoms with Gasteiger partial charge in [-0.2, -0.15) is 0 Å². The van der Waals surface area contributed by atoms with E-state index in [9.17, 15) is 0 Å². The standard InChI is InChI=1S/C16H11Cl14/c1-7(2)6-8-9(11(17,18)13(21,22)15(25,26)27)4-3-5-10(8)12(19,20)14(23,24)16(28,29)30/h3-5,7H,1,6H2,2H3. The van der Waals surface area contributed by atoms with Gasteiger partial charge >= 0.3 is 0 Å². The fraction of sp³-hybridized carbons (Fsp3) is 0.562. The SMILES string of the molecule is [CH2]C(C)Cc1c(C(Cl)(Cl)C(Cl)(Cl)C(Cl)(Cl)Cl)cccc1C(Cl)(Cl)C(Cl)(Cl)C(Cl)(Cl)Cl. The molecule has 0 saturated carbocycles. The van der Waals surface area contributed by atoms with Crippen molar-refractivity contribution >= 4 is 162 Å². The molecule has 30 heavy (non-hydrogen) atoms. The molecule has 0 aromatic heterocycles. The Morgan fingerprint density at radius 3 is 1.20 bits per heavy atom. The highest BCUT2D eigenvalue weighted by molar-refractivity contribution is 6.79. The summed E-state index contributed by atoms with van der Waals surface area (Å²) in [5.41, 5.74) is 0.526. The average Bonchev–Trinajstić information content (AvgIpc) is 2.51. The van der Waals surface area contributed by atoms with E-state index in [4.69, 9.17) is 162 Å². The van der Waals surface area contributed by atoms with Crippen LogP contribution in [0.25, 0.3) is 0 Å². The van der Waals surface area contributed by atoms with E-state index in [1.54, 1.807) is 6.92 Å². The minimum Gasteiger partial charge on any atom is -0.0930 e. The van der Waals surface area contributed by atoms with Gasteiger partial charge in [0.1, 0.15) is 0 Å². The van der Waals surface area contributed by atoms with Crippen LogP contribution in [0.5, 0.6) is 0 Å². The van der Waals surface area contributed by atoms with Crippen LogP contribution >= 0.6 is 162 Å². The zero-order valence-electron chi connectivity index (χ0n) is 14.5. The molecule has 0 aliphatic carbocycles. The number of benzene rings is 1. The van der Waals surface area contributed by atoms with E-state index >= 15 is 0 Å². The molecule has 1 radical (unpaired) electrons. The summed E-state index contributed by atoms with van der Waals surface area (Å²) in [7, 11) is 0. The van der Waals surface area contributed by atoms with Crippen LogP contribution in [0, 0.1) is 12.8 Å². The van der Waals surface area contributed by atoms with Crippen LogP contribution in [0.2, 0.25) is 0 Å². The van der Waals surface area contributed by atoms with Crippen molar-refractivity contribution in [3.05, 3.63) is 41.8 Å². The van der Waals surface area contributed by atoms with Gasteiger partial charge in [-0.3, -0.25) is 0 Å². The Labute approximate surface area is 245 Å². The van der Waals surface area contributed by atoms with Crippen molar-refractivity contribution < 1.29 is 0 Å². The second-order valence-electron chi connectivity index (χ2n) is 6.43. The largest absolute Gasteiger partial charge is 0.226 e. The lowest BCUT2D eigenvalue weighted by Gasteiger charge is -2.42. The van der Waals surface area contributed by atoms with Crippen molar-refractivity contribution in [3.8, 4) is 0 Å². The fourth-order valence-electron chi connectivity index (χ4n) is 2.44. The highest BCUT2D eigenvalue weighted by atomic mass is 35.6. The van der Waals surface area contributed by atoms with Gasteiger partial charge < -0.3 is 0 Å². The third-order valence-corrected chi connectivity index (χ3v) is 11.8. The lowest BCUT2D eigenvalue weighted by molar-refractivity contribution is 0.639. The minimum atomic E-state index is -2.33. The Bertz CT molecular complexity index is 698. The normalized spacial score (nSPS) is 15.1. The second kappa shape index (κ2) is 10.3. The Balaban J connectivity index is 3.93. The first-order valence-electron chi connectivity index (χ1n) is 7.64. The van der Waals surface area contributed by atoms with E-state index in [1.807, 2.05) is 0 Å². The Kier molecular flexibility index (Phi) is 10.8. The second-order valence-corrected chi connectivity index (χ2v) is 16.3. The van der Waals surface area contributed by atoms with E-state index in [2.05, 4.69) is 6.92 Å². The molecular weight excluding hydrogens is 689 g/mol. The zero-order chi connectivity index (χ0) is 24.1. The maximum Gasteiger partial charge on any atom is 0.226 e. The van der Waals surface area contributed by atoms with Gasteiger partial charge in [-0.25, -0.2) is 0 Å². The van der Waals surface area contributed by atoms with Crippen molar-refractivity contribution in [1.82, 2.24) is 0 Å². The van der Waals surface area contributed by atoms with Crippen molar-refractivity contribution in [1.29, 1.82) is 0 Å². The lowest BCUT2D eigenvalue weighted by atomic mass is 9.88. The van der Waals surface area contributed by atoms with Crippen LogP contribution in [0.1, 0.15) is 23.6 Å². The number of hydrogen-bond donors (Lipinski definition) is 0. The summed E-state index contributed by atoms with van der Waals surface area (Å²) in [5, 5.41) is 0. The van der Waals surface area contributed by atoms with Crippen LogP contribution in [0.4, 0.5) is 0 Å². The molecule has 1 rings (SSSR count). The molecular formula is C16H11Cl14. The fourth-order valence-corrected chi connectivity index (χ4v) is 5.55. The molecule has 0 N–H and O–H groups in total.